The number of hydrogen-bond acceptors (Lipinski definition) is 6. The highest BCUT2D eigenvalue weighted by atomic mass is 35.5. The molecule has 11 heteroatoms. The first-order chi connectivity index (χ1) is 14.8. The highest BCUT2D eigenvalue weighted by Gasteiger charge is 2.39. The Labute approximate surface area is 184 Å². The van der Waals surface area contributed by atoms with E-state index in [-0.39, 0.29) is 11.4 Å². The number of ether oxygens (including phenoxy) is 1. The fraction of sp³-hybridized carbons (Fsp3) is 0.250. The topological polar surface area (TPSA) is 125 Å². The number of hydrazone groups is 1. The number of nitrogens with zero attached hydrogens (tertiary/aromatic N) is 2. The summed E-state index contributed by atoms with van der Waals surface area (Å²) < 4.78 is 32.0. The van der Waals surface area contributed by atoms with E-state index < -0.39 is 34.5 Å². The van der Waals surface area contributed by atoms with Crippen molar-refractivity contribution in [2.75, 3.05) is 13.2 Å². The summed E-state index contributed by atoms with van der Waals surface area (Å²) in [5.41, 5.74) is 3.02. The van der Waals surface area contributed by atoms with E-state index in [9.17, 15) is 18.0 Å². The van der Waals surface area contributed by atoms with Gasteiger partial charge in [0.15, 0.2) is 6.61 Å². The lowest BCUT2D eigenvalue weighted by molar-refractivity contribution is -0.139. The van der Waals surface area contributed by atoms with Crippen LogP contribution in [0.25, 0.3) is 0 Å². The van der Waals surface area contributed by atoms with Gasteiger partial charge in [-0.05, 0) is 66.9 Å². The van der Waals surface area contributed by atoms with E-state index >= 15 is 0 Å². The Morgan fingerprint density at radius 3 is 2.52 bits per heavy atom. The molecule has 1 aliphatic rings. The molecule has 2 N–H and O–H groups in total. The SMILES string of the molecule is O=C(O)COc1ccc(/C=N\NC(=O)[C@H]2CCCN2S(=O)(=O)c2ccc(Cl)cc2)cc1. The van der Waals surface area contributed by atoms with Gasteiger partial charge in [-0.2, -0.15) is 9.41 Å². The van der Waals surface area contributed by atoms with E-state index in [1.807, 2.05) is 0 Å². The van der Waals surface area contributed by atoms with Crippen molar-refractivity contribution in [3.8, 4) is 5.75 Å². The molecular weight excluding hydrogens is 446 g/mol. The fourth-order valence-corrected chi connectivity index (χ4v) is 4.85. The molecule has 2 aromatic rings. The van der Waals surface area contributed by atoms with E-state index in [4.69, 9.17) is 21.4 Å². The molecular formula is C20H20ClN3O6S. The van der Waals surface area contributed by atoms with Crippen LogP contribution in [0.3, 0.4) is 0 Å². The smallest absolute Gasteiger partial charge is 0.341 e. The van der Waals surface area contributed by atoms with Crippen LogP contribution in [0.4, 0.5) is 0 Å². The normalized spacial score (nSPS) is 17.0. The summed E-state index contributed by atoms with van der Waals surface area (Å²) in [6.07, 6.45) is 2.35. The van der Waals surface area contributed by atoms with Gasteiger partial charge in [-0.15, -0.1) is 0 Å². The number of benzene rings is 2. The fourth-order valence-electron chi connectivity index (χ4n) is 3.07. The summed E-state index contributed by atoms with van der Waals surface area (Å²) in [6.45, 7) is -0.203. The van der Waals surface area contributed by atoms with E-state index in [1.54, 1.807) is 24.3 Å². The average Bonchev–Trinajstić information content (AvgIpc) is 3.24. The molecule has 0 unspecified atom stereocenters. The standard InChI is InChI=1S/C20H20ClN3O6S/c21-15-5-9-17(10-6-15)31(28,29)24-11-1-2-18(24)20(27)23-22-12-14-3-7-16(8-4-14)30-13-19(25)26/h3-10,12,18H,1-2,11,13H2,(H,23,27)(H,25,26)/b22-12-/t18-/m1/s1. The molecule has 0 aromatic heterocycles. The number of carbonyl (C=O) groups excluding carboxylic acids is 1. The second-order valence-corrected chi connectivity index (χ2v) is 9.04. The zero-order valence-corrected chi connectivity index (χ0v) is 17.8. The summed E-state index contributed by atoms with van der Waals surface area (Å²) in [7, 11) is -3.84. The van der Waals surface area contributed by atoms with Crippen LogP contribution in [0.1, 0.15) is 18.4 Å². The van der Waals surface area contributed by atoms with Crippen molar-refractivity contribution in [3.05, 3.63) is 59.1 Å². The van der Waals surface area contributed by atoms with Gasteiger partial charge >= 0.3 is 5.97 Å². The summed E-state index contributed by atoms with van der Waals surface area (Å²) in [5, 5.41) is 12.9. The van der Waals surface area contributed by atoms with Gasteiger partial charge in [-0.3, -0.25) is 4.79 Å². The van der Waals surface area contributed by atoms with Crippen LogP contribution in [-0.4, -0.2) is 55.1 Å². The van der Waals surface area contributed by atoms with Gasteiger partial charge in [-0.25, -0.2) is 18.6 Å². The maximum Gasteiger partial charge on any atom is 0.341 e. The zero-order valence-electron chi connectivity index (χ0n) is 16.3. The summed E-state index contributed by atoms with van der Waals surface area (Å²) in [5.74, 6) is -1.21. The lowest BCUT2D eigenvalue weighted by atomic mass is 10.2. The van der Waals surface area contributed by atoms with Crippen LogP contribution in [0.2, 0.25) is 5.02 Å². The van der Waals surface area contributed by atoms with E-state index in [1.165, 1.54) is 34.8 Å². The van der Waals surface area contributed by atoms with Crippen molar-refractivity contribution < 1.29 is 27.9 Å². The number of halogens is 1. The number of rotatable bonds is 8. The number of nitrogens with one attached hydrogen (secondary N) is 1. The van der Waals surface area contributed by atoms with Crippen LogP contribution in [0.15, 0.2) is 58.5 Å². The number of sulfonamides is 1. The third kappa shape index (κ3) is 5.81. The predicted molar refractivity (Wildman–Crippen MR) is 114 cm³/mol. The van der Waals surface area contributed by atoms with Gasteiger partial charge in [0.1, 0.15) is 11.8 Å². The maximum absolute atomic E-state index is 12.9. The minimum atomic E-state index is -3.84. The van der Waals surface area contributed by atoms with Crippen molar-refractivity contribution in [1.82, 2.24) is 9.73 Å². The minimum absolute atomic E-state index is 0.0744. The van der Waals surface area contributed by atoms with Gasteiger partial charge < -0.3 is 9.84 Å². The van der Waals surface area contributed by atoms with E-state index in [2.05, 4.69) is 10.5 Å². The van der Waals surface area contributed by atoms with E-state index in [0.717, 1.165) is 0 Å². The third-order valence-electron chi connectivity index (χ3n) is 4.56. The van der Waals surface area contributed by atoms with Crippen LogP contribution in [-0.2, 0) is 19.6 Å². The Kier molecular flexibility index (Phi) is 7.26. The molecule has 9 nitrogen and oxygen atoms in total. The zero-order chi connectivity index (χ0) is 22.4. The van der Waals surface area contributed by atoms with Gasteiger partial charge in [0, 0.05) is 11.6 Å². The van der Waals surface area contributed by atoms with Crippen LogP contribution in [0, 0.1) is 0 Å². The third-order valence-corrected chi connectivity index (χ3v) is 6.73. The number of amides is 1. The Bertz CT molecular complexity index is 1070. The van der Waals surface area contributed by atoms with Crippen molar-refractivity contribution in [2.24, 2.45) is 5.10 Å². The monoisotopic (exact) mass is 465 g/mol. The number of carboxylic acid groups (broad SMARTS) is 1. The van der Waals surface area contributed by atoms with Crippen molar-refractivity contribution in [1.29, 1.82) is 0 Å². The molecule has 0 aliphatic carbocycles. The predicted octanol–water partition coefficient (Wildman–Crippen LogP) is 2.11. The Morgan fingerprint density at radius 2 is 1.87 bits per heavy atom. The van der Waals surface area contributed by atoms with Crippen LogP contribution < -0.4 is 10.2 Å². The molecule has 1 fully saturated rings. The second-order valence-electron chi connectivity index (χ2n) is 6.71. The van der Waals surface area contributed by atoms with Crippen LogP contribution >= 0.6 is 11.6 Å². The molecule has 3 rings (SSSR count). The molecule has 1 heterocycles. The van der Waals surface area contributed by atoms with Gasteiger partial charge in [-0.1, -0.05) is 11.6 Å². The maximum atomic E-state index is 12.9. The molecule has 0 bridgehead atoms. The molecule has 2 aromatic carbocycles. The Hall–Kier alpha value is -2.95. The number of carboxylic acids is 1. The second kappa shape index (κ2) is 9.90. The molecule has 1 amide bonds. The quantitative estimate of drug-likeness (QED) is 0.454. The van der Waals surface area contributed by atoms with Crippen molar-refractivity contribution in [2.45, 2.75) is 23.8 Å². The first-order valence-corrected chi connectivity index (χ1v) is 11.1. The highest BCUT2D eigenvalue weighted by Crippen LogP contribution is 2.27. The van der Waals surface area contributed by atoms with Crippen LogP contribution in [0.5, 0.6) is 5.75 Å². The largest absolute Gasteiger partial charge is 0.482 e. The van der Waals surface area contributed by atoms with Gasteiger partial charge in [0.25, 0.3) is 5.91 Å². The molecule has 1 aliphatic heterocycles. The van der Waals surface area contributed by atoms with E-state index in [0.29, 0.717) is 29.2 Å². The molecule has 0 spiro atoms. The first-order valence-electron chi connectivity index (χ1n) is 9.32. The number of carbonyl (C=O) groups is 2. The van der Waals surface area contributed by atoms with Crippen molar-refractivity contribution >= 4 is 39.7 Å². The first kappa shape index (κ1) is 22.7. The summed E-state index contributed by atoms with van der Waals surface area (Å²) >= 11 is 5.83. The van der Waals surface area contributed by atoms with Gasteiger partial charge in [0.05, 0.1) is 11.1 Å². The molecule has 0 saturated carbocycles. The number of aliphatic carboxylic acids is 1. The molecule has 0 radical (unpaired) electrons. The Morgan fingerprint density at radius 1 is 1.19 bits per heavy atom. The molecule has 1 atom stereocenters. The lowest BCUT2D eigenvalue weighted by Crippen LogP contribution is -2.44. The summed E-state index contributed by atoms with van der Waals surface area (Å²) in [4.78, 5) is 23.1. The Balaban J connectivity index is 1.61. The summed E-state index contributed by atoms with van der Waals surface area (Å²) in [6, 6.07) is 11.4. The lowest BCUT2D eigenvalue weighted by Gasteiger charge is -2.22. The molecule has 164 valence electrons. The van der Waals surface area contributed by atoms with Gasteiger partial charge in [0.2, 0.25) is 10.0 Å². The molecule has 1 saturated heterocycles. The van der Waals surface area contributed by atoms with Crippen molar-refractivity contribution in [3.63, 3.8) is 0 Å². The minimum Gasteiger partial charge on any atom is -0.482 e. The average molecular weight is 466 g/mol. The molecule has 31 heavy (non-hydrogen) atoms. The highest BCUT2D eigenvalue weighted by molar-refractivity contribution is 7.89. The number of hydrogen-bond donors (Lipinski definition) is 2.